The van der Waals surface area contributed by atoms with Crippen LogP contribution in [0.3, 0.4) is 0 Å². The minimum atomic E-state index is 0.0891. The zero-order valence-electron chi connectivity index (χ0n) is 9.27. The lowest BCUT2D eigenvalue weighted by atomic mass is 10.2. The van der Waals surface area contributed by atoms with Crippen molar-refractivity contribution in [2.45, 2.75) is 19.9 Å². The van der Waals surface area contributed by atoms with Gasteiger partial charge in [0.1, 0.15) is 0 Å². The maximum atomic E-state index is 5.94. The molecule has 1 unspecified atom stereocenters. The van der Waals surface area contributed by atoms with Crippen LogP contribution in [0.1, 0.15) is 22.3 Å². The molecule has 16 heavy (non-hydrogen) atoms. The molecule has 86 valence electrons. The van der Waals surface area contributed by atoms with Crippen LogP contribution in [-0.4, -0.2) is 16.3 Å². The molecule has 2 rings (SSSR count). The normalized spacial score (nSPS) is 13.0. The van der Waals surface area contributed by atoms with Gasteiger partial charge < -0.3 is 5.73 Å². The van der Waals surface area contributed by atoms with Crippen LogP contribution in [0.5, 0.6) is 0 Å². The second-order valence-electron chi connectivity index (χ2n) is 3.77. The second-order valence-corrected chi connectivity index (χ2v) is 5.51. The van der Waals surface area contributed by atoms with Gasteiger partial charge in [-0.25, -0.2) is 0 Å². The van der Waals surface area contributed by atoms with E-state index in [1.165, 1.54) is 0 Å². The molecule has 2 heterocycles. The topological polar surface area (TPSA) is 43.8 Å². The number of aromatic nitrogens is 2. The lowest BCUT2D eigenvalue weighted by Gasteiger charge is -2.15. The van der Waals surface area contributed by atoms with Gasteiger partial charge in [0, 0.05) is 17.1 Å². The molecule has 0 amide bonds. The standard InChI is InChI=1S/C11H14ClN3S/c1-7-5-8(2)15(14-7)9(6-13)10-3-4-11(12)16-10/h3-5,9H,6,13H2,1-2H3. The van der Waals surface area contributed by atoms with E-state index < -0.39 is 0 Å². The van der Waals surface area contributed by atoms with E-state index in [9.17, 15) is 0 Å². The summed E-state index contributed by atoms with van der Waals surface area (Å²) in [6.07, 6.45) is 0. The van der Waals surface area contributed by atoms with Crippen molar-refractivity contribution in [2.24, 2.45) is 5.73 Å². The highest BCUT2D eigenvalue weighted by atomic mass is 35.5. The van der Waals surface area contributed by atoms with Gasteiger partial charge in [0.05, 0.1) is 16.1 Å². The van der Waals surface area contributed by atoms with Gasteiger partial charge in [-0.2, -0.15) is 5.10 Å². The number of hydrogen-bond acceptors (Lipinski definition) is 3. The molecule has 0 aromatic carbocycles. The summed E-state index contributed by atoms with van der Waals surface area (Å²) in [6.45, 7) is 4.55. The average Bonchev–Trinajstić information content (AvgIpc) is 2.76. The molecular formula is C11H14ClN3S. The van der Waals surface area contributed by atoms with E-state index in [0.717, 1.165) is 20.6 Å². The maximum absolute atomic E-state index is 5.94. The molecule has 0 bridgehead atoms. The predicted molar refractivity (Wildman–Crippen MR) is 68.2 cm³/mol. The van der Waals surface area contributed by atoms with Crippen LogP contribution < -0.4 is 5.73 Å². The summed E-state index contributed by atoms with van der Waals surface area (Å²) >= 11 is 7.50. The molecule has 0 saturated heterocycles. The molecule has 3 nitrogen and oxygen atoms in total. The first kappa shape index (κ1) is 11.6. The van der Waals surface area contributed by atoms with E-state index in [4.69, 9.17) is 17.3 Å². The van der Waals surface area contributed by atoms with E-state index >= 15 is 0 Å². The number of nitrogens with zero attached hydrogens (tertiary/aromatic N) is 2. The molecule has 0 aliphatic heterocycles. The third-order valence-electron chi connectivity index (χ3n) is 2.49. The number of halogens is 1. The Hall–Kier alpha value is -0.840. The average molecular weight is 256 g/mol. The minimum Gasteiger partial charge on any atom is -0.328 e. The van der Waals surface area contributed by atoms with Gasteiger partial charge in [-0.05, 0) is 32.0 Å². The van der Waals surface area contributed by atoms with Crippen molar-refractivity contribution >= 4 is 22.9 Å². The van der Waals surface area contributed by atoms with Crippen LogP contribution in [0.15, 0.2) is 18.2 Å². The number of hydrogen-bond donors (Lipinski definition) is 1. The van der Waals surface area contributed by atoms with Crippen molar-refractivity contribution in [1.29, 1.82) is 0 Å². The summed E-state index contributed by atoms with van der Waals surface area (Å²) < 4.78 is 2.76. The molecule has 0 aliphatic rings. The van der Waals surface area contributed by atoms with Crippen LogP contribution in [0.25, 0.3) is 0 Å². The first-order chi connectivity index (χ1) is 7.61. The molecule has 0 aliphatic carbocycles. The third-order valence-corrected chi connectivity index (χ3v) is 3.82. The van der Waals surface area contributed by atoms with Crippen molar-refractivity contribution in [3.05, 3.63) is 38.8 Å². The lowest BCUT2D eigenvalue weighted by molar-refractivity contribution is 0.524. The van der Waals surface area contributed by atoms with Crippen LogP contribution in [0.4, 0.5) is 0 Å². The molecule has 0 spiro atoms. The Balaban J connectivity index is 2.40. The molecule has 0 fully saturated rings. The highest BCUT2D eigenvalue weighted by Crippen LogP contribution is 2.29. The predicted octanol–water partition coefficient (Wildman–Crippen LogP) is 2.76. The van der Waals surface area contributed by atoms with Gasteiger partial charge in [0.25, 0.3) is 0 Å². The number of rotatable bonds is 3. The van der Waals surface area contributed by atoms with Crippen LogP contribution in [-0.2, 0) is 0 Å². The molecule has 2 aromatic heterocycles. The molecule has 0 radical (unpaired) electrons. The van der Waals surface area contributed by atoms with Gasteiger partial charge in [-0.15, -0.1) is 11.3 Å². The van der Waals surface area contributed by atoms with Crippen molar-refractivity contribution in [3.63, 3.8) is 0 Å². The van der Waals surface area contributed by atoms with Gasteiger partial charge in [-0.3, -0.25) is 4.68 Å². The van der Waals surface area contributed by atoms with Crippen LogP contribution >= 0.6 is 22.9 Å². The first-order valence-electron chi connectivity index (χ1n) is 5.10. The molecular weight excluding hydrogens is 242 g/mol. The quantitative estimate of drug-likeness (QED) is 0.917. The Labute approximate surface area is 104 Å². The Kier molecular flexibility index (Phi) is 3.33. The van der Waals surface area contributed by atoms with Crippen molar-refractivity contribution in [3.8, 4) is 0 Å². The fourth-order valence-electron chi connectivity index (χ4n) is 1.81. The Bertz CT molecular complexity index is 489. The van der Waals surface area contributed by atoms with Gasteiger partial charge in [-0.1, -0.05) is 11.6 Å². The number of thiophene rings is 1. The van der Waals surface area contributed by atoms with Crippen molar-refractivity contribution < 1.29 is 0 Å². The lowest BCUT2D eigenvalue weighted by Crippen LogP contribution is -2.21. The summed E-state index contributed by atoms with van der Waals surface area (Å²) in [6, 6.07) is 6.06. The monoisotopic (exact) mass is 255 g/mol. The molecule has 0 saturated carbocycles. The Morgan fingerprint density at radius 2 is 2.25 bits per heavy atom. The summed E-state index contributed by atoms with van der Waals surface area (Å²) in [4.78, 5) is 1.15. The smallest absolute Gasteiger partial charge is 0.0985 e. The molecule has 2 aromatic rings. The fraction of sp³-hybridized carbons (Fsp3) is 0.364. The summed E-state index contributed by atoms with van der Waals surface area (Å²) in [5, 5.41) is 4.47. The molecule has 5 heteroatoms. The van der Waals surface area contributed by atoms with Crippen LogP contribution in [0, 0.1) is 13.8 Å². The second kappa shape index (κ2) is 4.57. The summed E-state index contributed by atoms with van der Waals surface area (Å²) in [5.74, 6) is 0. The van der Waals surface area contributed by atoms with Crippen molar-refractivity contribution in [1.82, 2.24) is 9.78 Å². The summed E-state index contributed by atoms with van der Waals surface area (Å²) in [7, 11) is 0. The Morgan fingerprint density at radius 3 is 2.69 bits per heavy atom. The molecule has 1 atom stereocenters. The maximum Gasteiger partial charge on any atom is 0.0985 e. The van der Waals surface area contributed by atoms with Crippen molar-refractivity contribution in [2.75, 3.05) is 6.54 Å². The number of aryl methyl sites for hydroxylation is 2. The zero-order valence-corrected chi connectivity index (χ0v) is 10.8. The third kappa shape index (κ3) is 2.14. The largest absolute Gasteiger partial charge is 0.328 e. The first-order valence-corrected chi connectivity index (χ1v) is 6.29. The SMILES string of the molecule is Cc1cc(C)n(C(CN)c2ccc(Cl)s2)n1. The van der Waals surface area contributed by atoms with Gasteiger partial charge >= 0.3 is 0 Å². The van der Waals surface area contributed by atoms with Gasteiger partial charge in [0.2, 0.25) is 0 Å². The molecule has 2 N–H and O–H groups in total. The Morgan fingerprint density at radius 1 is 1.50 bits per heavy atom. The van der Waals surface area contributed by atoms with E-state index in [1.807, 2.05) is 30.7 Å². The highest BCUT2D eigenvalue weighted by molar-refractivity contribution is 7.16. The van der Waals surface area contributed by atoms with E-state index in [-0.39, 0.29) is 6.04 Å². The van der Waals surface area contributed by atoms with E-state index in [2.05, 4.69) is 11.2 Å². The minimum absolute atomic E-state index is 0.0891. The van der Waals surface area contributed by atoms with E-state index in [1.54, 1.807) is 11.3 Å². The van der Waals surface area contributed by atoms with E-state index in [0.29, 0.717) is 6.54 Å². The number of nitrogens with two attached hydrogens (primary N) is 1. The van der Waals surface area contributed by atoms with Crippen LogP contribution in [0.2, 0.25) is 4.34 Å². The highest BCUT2D eigenvalue weighted by Gasteiger charge is 2.17. The fourth-order valence-corrected chi connectivity index (χ4v) is 2.97. The van der Waals surface area contributed by atoms with Gasteiger partial charge in [0.15, 0.2) is 0 Å². The zero-order chi connectivity index (χ0) is 11.7. The summed E-state index contributed by atoms with van der Waals surface area (Å²) in [5.41, 5.74) is 7.96.